The van der Waals surface area contributed by atoms with Crippen LogP contribution in [0.4, 0.5) is 4.39 Å². The van der Waals surface area contributed by atoms with E-state index < -0.39 is 27.6 Å². The molecule has 0 aromatic carbocycles. The zero-order valence-electron chi connectivity index (χ0n) is 9.38. The Hall–Kier alpha value is -1.19. The van der Waals surface area contributed by atoms with Crippen molar-refractivity contribution in [1.82, 2.24) is 10.3 Å². The van der Waals surface area contributed by atoms with Crippen LogP contribution in [0.2, 0.25) is 0 Å². The minimum absolute atomic E-state index is 0.0133. The van der Waals surface area contributed by atoms with Crippen LogP contribution in [0.1, 0.15) is 10.4 Å². The molecule has 1 amide bonds. The molecule has 0 fully saturated rings. The second-order valence-corrected chi connectivity index (χ2v) is 5.62. The largest absolute Gasteiger partial charge is 0.351 e. The first-order valence-electron chi connectivity index (χ1n) is 4.76. The van der Waals surface area contributed by atoms with Crippen LogP contribution in [-0.2, 0) is 10.1 Å². The van der Waals surface area contributed by atoms with Gasteiger partial charge < -0.3 is 5.32 Å². The molecule has 18 heavy (non-hydrogen) atoms. The number of amides is 1. The highest BCUT2D eigenvalue weighted by atomic mass is 32.2. The predicted octanol–water partition coefficient (Wildman–Crippen LogP) is 0.560. The van der Waals surface area contributed by atoms with Crippen LogP contribution in [0.3, 0.4) is 0 Å². The normalized spacial score (nSPS) is 11.3. The molecule has 0 aliphatic carbocycles. The summed E-state index contributed by atoms with van der Waals surface area (Å²) in [5.41, 5.74) is -0.0133. The summed E-state index contributed by atoms with van der Waals surface area (Å²) in [6.07, 6.45) is 2.84. The first-order valence-corrected chi connectivity index (χ1v) is 7.60. The van der Waals surface area contributed by atoms with Gasteiger partial charge in [0.2, 0.25) is 0 Å². The van der Waals surface area contributed by atoms with Crippen molar-refractivity contribution in [3.05, 3.63) is 23.6 Å². The maximum absolute atomic E-state index is 13.3. The number of nitrogens with one attached hydrogen (secondary N) is 1. The monoisotopic (exact) mass is 294 g/mol. The molecule has 6 nitrogen and oxygen atoms in total. The van der Waals surface area contributed by atoms with Gasteiger partial charge in [0.15, 0.2) is 5.82 Å². The number of halogens is 1. The van der Waals surface area contributed by atoms with Gasteiger partial charge in [-0.05, 0) is 12.3 Å². The number of carbonyl (C=O) groups is 1. The Bertz CT molecular complexity index is 547. The standard InChI is InChI=1S/C9H11FN2O4S2/c1-17-9-7(10)4-6(5-12-9)8(13)11-2-3-18(14,15)16/h4-5H,2-3H2,1H3,(H,11,13)(H,14,15,16). The molecule has 1 aromatic heterocycles. The van der Waals surface area contributed by atoms with Crippen molar-refractivity contribution in [3.63, 3.8) is 0 Å². The fourth-order valence-electron chi connectivity index (χ4n) is 1.10. The third-order valence-electron chi connectivity index (χ3n) is 1.91. The van der Waals surface area contributed by atoms with Crippen LogP contribution in [0, 0.1) is 5.82 Å². The fraction of sp³-hybridized carbons (Fsp3) is 0.333. The number of nitrogens with zero attached hydrogens (tertiary/aromatic N) is 1. The molecule has 1 heterocycles. The Balaban J connectivity index is 2.65. The lowest BCUT2D eigenvalue weighted by Crippen LogP contribution is -2.29. The van der Waals surface area contributed by atoms with Crippen molar-refractivity contribution in [3.8, 4) is 0 Å². The maximum atomic E-state index is 13.3. The molecule has 0 unspecified atom stereocenters. The van der Waals surface area contributed by atoms with Gasteiger partial charge in [-0.2, -0.15) is 8.42 Å². The smallest absolute Gasteiger partial charge is 0.266 e. The van der Waals surface area contributed by atoms with Crippen molar-refractivity contribution in [2.24, 2.45) is 0 Å². The lowest BCUT2D eigenvalue weighted by molar-refractivity contribution is 0.0955. The van der Waals surface area contributed by atoms with Gasteiger partial charge in [0.1, 0.15) is 5.03 Å². The Morgan fingerprint density at radius 2 is 2.28 bits per heavy atom. The van der Waals surface area contributed by atoms with Gasteiger partial charge >= 0.3 is 0 Å². The lowest BCUT2D eigenvalue weighted by atomic mass is 10.2. The van der Waals surface area contributed by atoms with Gasteiger partial charge in [-0.3, -0.25) is 9.35 Å². The maximum Gasteiger partial charge on any atom is 0.266 e. The summed E-state index contributed by atoms with van der Waals surface area (Å²) in [4.78, 5) is 15.2. The topological polar surface area (TPSA) is 96.4 Å². The highest BCUT2D eigenvalue weighted by Gasteiger charge is 2.11. The molecule has 2 N–H and O–H groups in total. The molecule has 0 radical (unpaired) electrons. The van der Waals surface area contributed by atoms with Crippen molar-refractivity contribution in [2.45, 2.75) is 5.03 Å². The zero-order valence-corrected chi connectivity index (χ0v) is 11.0. The van der Waals surface area contributed by atoms with E-state index in [9.17, 15) is 17.6 Å². The summed E-state index contributed by atoms with van der Waals surface area (Å²) < 4.78 is 42.6. The van der Waals surface area contributed by atoms with Crippen molar-refractivity contribution < 1.29 is 22.2 Å². The molecule has 100 valence electrons. The quantitative estimate of drug-likeness (QED) is 0.608. The minimum Gasteiger partial charge on any atom is -0.351 e. The summed E-state index contributed by atoms with van der Waals surface area (Å²) >= 11 is 1.11. The van der Waals surface area contributed by atoms with E-state index >= 15 is 0 Å². The molecule has 0 aliphatic heterocycles. The van der Waals surface area contributed by atoms with Crippen LogP contribution in [0.5, 0.6) is 0 Å². The Morgan fingerprint density at radius 1 is 1.61 bits per heavy atom. The van der Waals surface area contributed by atoms with E-state index in [0.717, 1.165) is 17.8 Å². The third kappa shape index (κ3) is 4.59. The molecule has 0 saturated carbocycles. The zero-order chi connectivity index (χ0) is 13.8. The van der Waals surface area contributed by atoms with E-state index in [2.05, 4.69) is 10.3 Å². The average molecular weight is 294 g/mol. The highest BCUT2D eigenvalue weighted by Crippen LogP contribution is 2.16. The molecular weight excluding hydrogens is 283 g/mol. The molecule has 9 heteroatoms. The van der Waals surface area contributed by atoms with Gasteiger partial charge in [0.25, 0.3) is 16.0 Å². The summed E-state index contributed by atoms with van der Waals surface area (Å²) in [6, 6.07) is 1.02. The number of thioether (sulfide) groups is 1. The Kier molecular flexibility index (Phi) is 5.05. The van der Waals surface area contributed by atoms with E-state index in [1.54, 1.807) is 6.26 Å². The molecule has 0 spiro atoms. The Labute approximate surface area is 108 Å². The third-order valence-corrected chi connectivity index (χ3v) is 3.32. The van der Waals surface area contributed by atoms with Crippen LogP contribution >= 0.6 is 11.8 Å². The number of hydrogen-bond acceptors (Lipinski definition) is 5. The summed E-state index contributed by atoms with van der Waals surface area (Å²) in [5.74, 6) is -1.87. The van der Waals surface area contributed by atoms with Crippen LogP contribution < -0.4 is 5.32 Å². The van der Waals surface area contributed by atoms with E-state index in [1.807, 2.05) is 0 Å². The molecule has 0 saturated heterocycles. The van der Waals surface area contributed by atoms with Crippen LogP contribution in [-0.4, -0.2) is 42.4 Å². The molecule has 0 bridgehead atoms. The first kappa shape index (κ1) is 14.9. The van der Waals surface area contributed by atoms with E-state index in [0.29, 0.717) is 0 Å². The number of rotatable bonds is 5. The molecular formula is C9H11FN2O4S2. The molecule has 1 aromatic rings. The second-order valence-electron chi connectivity index (χ2n) is 3.26. The SMILES string of the molecule is CSc1ncc(C(=O)NCCS(=O)(=O)O)cc1F. The molecule has 0 atom stereocenters. The number of pyridine rings is 1. The summed E-state index contributed by atoms with van der Waals surface area (Å²) in [5, 5.41) is 2.40. The molecule has 0 aliphatic rings. The van der Waals surface area contributed by atoms with E-state index in [1.165, 1.54) is 6.20 Å². The van der Waals surface area contributed by atoms with E-state index in [-0.39, 0.29) is 17.1 Å². The number of carbonyl (C=O) groups excluding carboxylic acids is 1. The average Bonchev–Trinajstić information content (AvgIpc) is 2.27. The number of aromatic nitrogens is 1. The predicted molar refractivity (Wildman–Crippen MR) is 64.7 cm³/mol. The van der Waals surface area contributed by atoms with Gasteiger partial charge in [0, 0.05) is 12.7 Å². The summed E-state index contributed by atoms with van der Waals surface area (Å²) in [7, 11) is -4.13. The summed E-state index contributed by atoms with van der Waals surface area (Å²) in [6.45, 7) is -0.260. The molecule has 1 rings (SSSR count). The van der Waals surface area contributed by atoms with Crippen LogP contribution in [0.15, 0.2) is 17.3 Å². The van der Waals surface area contributed by atoms with Crippen LogP contribution in [0.25, 0.3) is 0 Å². The van der Waals surface area contributed by atoms with Gasteiger partial charge in [-0.1, -0.05) is 0 Å². The number of hydrogen-bond donors (Lipinski definition) is 2. The Morgan fingerprint density at radius 3 is 2.78 bits per heavy atom. The van der Waals surface area contributed by atoms with Gasteiger partial charge in [-0.15, -0.1) is 11.8 Å². The van der Waals surface area contributed by atoms with E-state index in [4.69, 9.17) is 4.55 Å². The van der Waals surface area contributed by atoms with Gasteiger partial charge in [0.05, 0.1) is 11.3 Å². The van der Waals surface area contributed by atoms with Crippen molar-refractivity contribution in [2.75, 3.05) is 18.6 Å². The van der Waals surface area contributed by atoms with Crippen molar-refractivity contribution >= 4 is 27.8 Å². The fourth-order valence-corrected chi connectivity index (χ4v) is 1.87. The highest BCUT2D eigenvalue weighted by molar-refractivity contribution is 7.98. The minimum atomic E-state index is -4.13. The van der Waals surface area contributed by atoms with Gasteiger partial charge in [-0.25, -0.2) is 9.37 Å². The first-order chi connectivity index (χ1) is 8.33. The lowest BCUT2D eigenvalue weighted by Gasteiger charge is -2.05. The van der Waals surface area contributed by atoms with Crippen molar-refractivity contribution in [1.29, 1.82) is 0 Å². The second kappa shape index (κ2) is 6.12.